The number of hydrogen-bond acceptors (Lipinski definition) is 7. The van der Waals surface area contributed by atoms with Crippen LogP contribution in [0.3, 0.4) is 0 Å². The van der Waals surface area contributed by atoms with Crippen LogP contribution in [0.25, 0.3) is 0 Å². The monoisotopic (exact) mass is 397 g/mol. The van der Waals surface area contributed by atoms with E-state index in [4.69, 9.17) is 9.47 Å². The third-order valence-electron chi connectivity index (χ3n) is 4.47. The number of hydrazone groups is 1. The molecule has 0 aliphatic carbocycles. The highest BCUT2D eigenvalue weighted by Gasteiger charge is 2.47. The van der Waals surface area contributed by atoms with Crippen LogP contribution in [0.4, 0.5) is 5.69 Å². The average molecular weight is 397 g/mol. The zero-order chi connectivity index (χ0) is 21.2. The Kier molecular flexibility index (Phi) is 5.31. The van der Waals surface area contributed by atoms with E-state index in [1.165, 1.54) is 43.1 Å². The first kappa shape index (κ1) is 20.0. The fourth-order valence-corrected chi connectivity index (χ4v) is 3.12. The standard InChI is InChI=1S/C20H19N3O6/c1-4-20(16-7-11-18(12-8-16)28-14(3)25)22(13(2)24)21-19(29-20)15-5-9-17(10-6-15)23(26)27/h5-12H,4H2,1-3H3. The summed E-state index contributed by atoms with van der Waals surface area (Å²) in [5.41, 5.74) is -0.0865. The van der Waals surface area contributed by atoms with Crippen molar-refractivity contribution in [1.29, 1.82) is 0 Å². The van der Waals surface area contributed by atoms with E-state index in [0.717, 1.165) is 0 Å². The molecule has 0 spiro atoms. The van der Waals surface area contributed by atoms with Crippen molar-refractivity contribution in [3.63, 3.8) is 0 Å². The van der Waals surface area contributed by atoms with Gasteiger partial charge in [0.1, 0.15) is 5.75 Å². The molecule has 1 atom stereocenters. The average Bonchev–Trinajstić information content (AvgIpc) is 3.09. The quantitative estimate of drug-likeness (QED) is 0.331. The molecular formula is C20H19N3O6. The summed E-state index contributed by atoms with van der Waals surface area (Å²) in [6.45, 7) is 4.54. The van der Waals surface area contributed by atoms with Gasteiger partial charge in [0, 0.05) is 43.5 Å². The van der Waals surface area contributed by atoms with E-state index in [2.05, 4.69) is 5.10 Å². The van der Waals surface area contributed by atoms with Crippen molar-refractivity contribution in [1.82, 2.24) is 5.01 Å². The van der Waals surface area contributed by atoms with Crippen molar-refractivity contribution in [3.8, 4) is 5.75 Å². The molecule has 0 aromatic heterocycles. The molecule has 1 aliphatic heterocycles. The Labute approximate surface area is 166 Å². The number of benzene rings is 2. The maximum atomic E-state index is 12.3. The Morgan fingerprint density at radius 2 is 1.76 bits per heavy atom. The highest BCUT2D eigenvalue weighted by atomic mass is 16.6. The van der Waals surface area contributed by atoms with Gasteiger partial charge in [-0.25, -0.2) is 0 Å². The first-order chi connectivity index (χ1) is 13.8. The van der Waals surface area contributed by atoms with E-state index < -0.39 is 16.6 Å². The minimum absolute atomic E-state index is 0.0569. The van der Waals surface area contributed by atoms with Crippen molar-refractivity contribution >= 4 is 23.5 Å². The molecule has 9 heteroatoms. The molecule has 1 aliphatic rings. The molecule has 2 aromatic carbocycles. The summed E-state index contributed by atoms with van der Waals surface area (Å²) in [5.74, 6) is -0.209. The van der Waals surface area contributed by atoms with E-state index in [9.17, 15) is 19.7 Å². The maximum absolute atomic E-state index is 12.3. The number of hydrogen-bond donors (Lipinski definition) is 0. The fraction of sp³-hybridized carbons (Fsp3) is 0.250. The summed E-state index contributed by atoms with van der Waals surface area (Å²) in [4.78, 5) is 33.8. The number of nitro benzene ring substituents is 1. The molecule has 1 heterocycles. The van der Waals surface area contributed by atoms with Gasteiger partial charge in [-0.2, -0.15) is 5.01 Å². The van der Waals surface area contributed by atoms with Crippen molar-refractivity contribution in [2.24, 2.45) is 5.10 Å². The van der Waals surface area contributed by atoms with Crippen LogP contribution < -0.4 is 4.74 Å². The predicted octanol–water partition coefficient (Wildman–Crippen LogP) is 3.32. The Balaban J connectivity index is 1.97. The molecule has 150 valence electrons. The molecule has 0 saturated carbocycles. The lowest BCUT2D eigenvalue weighted by Crippen LogP contribution is -2.43. The Bertz CT molecular complexity index is 984. The van der Waals surface area contributed by atoms with Gasteiger partial charge in [-0.05, 0) is 36.4 Å². The van der Waals surface area contributed by atoms with Crippen LogP contribution >= 0.6 is 0 Å². The van der Waals surface area contributed by atoms with Crippen LogP contribution in [-0.2, 0) is 20.1 Å². The zero-order valence-corrected chi connectivity index (χ0v) is 16.1. The van der Waals surface area contributed by atoms with Crippen LogP contribution in [-0.4, -0.2) is 27.7 Å². The minimum Gasteiger partial charge on any atom is -0.443 e. The van der Waals surface area contributed by atoms with Gasteiger partial charge in [-0.3, -0.25) is 19.7 Å². The topological polar surface area (TPSA) is 111 Å². The van der Waals surface area contributed by atoms with Crippen molar-refractivity contribution < 1.29 is 24.0 Å². The molecule has 0 bridgehead atoms. The first-order valence-electron chi connectivity index (χ1n) is 8.89. The second kappa shape index (κ2) is 7.70. The molecule has 1 unspecified atom stereocenters. The largest absolute Gasteiger partial charge is 0.443 e. The highest BCUT2D eigenvalue weighted by Crippen LogP contribution is 2.40. The first-order valence-corrected chi connectivity index (χ1v) is 8.89. The minimum atomic E-state index is -1.18. The maximum Gasteiger partial charge on any atom is 0.308 e. The lowest BCUT2D eigenvalue weighted by molar-refractivity contribution is -0.384. The second-order valence-corrected chi connectivity index (χ2v) is 6.40. The molecule has 0 fully saturated rings. The molecule has 9 nitrogen and oxygen atoms in total. The van der Waals surface area contributed by atoms with Crippen LogP contribution in [0.5, 0.6) is 5.75 Å². The van der Waals surface area contributed by atoms with Crippen LogP contribution in [0.1, 0.15) is 38.3 Å². The van der Waals surface area contributed by atoms with Gasteiger partial charge in [0.15, 0.2) is 0 Å². The number of ether oxygens (including phenoxy) is 2. The summed E-state index contributed by atoms with van der Waals surface area (Å²) in [5, 5.41) is 16.4. The van der Waals surface area contributed by atoms with Crippen molar-refractivity contribution in [2.45, 2.75) is 32.9 Å². The predicted molar refractivity (Wildman–Crippen MR) is 103 cm³/mol. The van der Waals surface area contributed by atoms with Gasteiger partial charge >= 0.3 is 5.97 Å². The van der Waals surface area contributed by atoms with E-state index in [-0.39, 0.29) is 17.5 Å². The van der Waals surface area contributed by atoms with Crippen molar-refractivity contribution in [2.75, 3.05) is 0 Å². The normalized spacial score (nSPS) is 18.0. The van der Waals surface area contributed by atoms with Crippen LogP contribution in [0.2, 0.25) is 0 Å². The van der Waals surface area contributed by atoms with Gasteiger partial charge in [0.2, 0.25) is 17.5 Å². The van der Waals surface area contributed by atoms with E-state index >= 15 is 0 Å². The SMILES string of the molecule is CCC1(c2ccc(OC(C)=O)cc2)OC(c2ccc([N+](=O)[O-])cc2)=NN1C(C)=O. The van der Waals surface area contributed by atoms with Crippen LogP contribution in [0, 0.1) is 10.1 Å². The van der Waals surface area contributed by atoms with Gasteiger partial charge < -0.3 is 9.47 Å². The van der Waals surface area contributed by atoms with Gasteiger partial charge in [-0.1, -0.05) is 6.92 Å². The van der Waals surface area contributed by atoms with Crippen LogP contribution in [0.15, 0.2) is 53.6 Å². The van der Waals surface area contributed by atoms with Gasteiger partial charge in [0.05, 0.1) is 4.92 Å². The lowest BCUT2D eigenvalue weighted by atomic mass is 9.98. The molecule has 1 amide bonds. The fourth-order valence-electron chi connectivity index (χ4n) is 3.12. The van der Waals surface area contributed by atoms with E-state index in [0.29, 0.717) is 23.3 Å². The number of nitro groups is 1. The molecule has 0 saturated heterocycles. The molecule has 3 rings (SSSR count). The summed E-state index contributed by atoms with van der Waals surface area (Å²) < 4.78 is 11.2. The smallest absolute Gasteiger partial charge is 0.308 e. The number of esters is 1. The molecule has 0 radical (unpaired) electrons. The molecule has 0 N–H and O–H groups in total. The van der Waals surface area contributed by atoms with Gasteiger partial charge in [-0.15, -0.1) is 5.10 Å². The number of nitrogens with zero attached hydrogens (tertiary/aromatic N) is 3. The summed E-state index contributed by atoms with van der Waals surface area (Å²) in [7, 11) is 0. The molecule has 29 heavy (non-hydrogen) atoms. The Morgan fingerprint density at radius 1 is 1.14 bits per heavy atom. The summed E-state index contributed by atoms with van der Waals surface area (Å²) in [6.07, 6.45) is 0.388. The highest BCUT2D eigenvalue weighted by molar-refractivity contribution is 5.97. The molecule has 2 aromatic rings. The Morgan fingerprint density at radius 3 is 2.24 bits per heavy atom. The van der Waals surface area contributed by atoms with E-state index in [1.807, 2.05) is 6.92 Å². The van der Waals surface area contributed by atoms with Gasteiger partial charge in [0.25, 0.3) is 5.69 Å². The molecular weight excluding hydrogens is 378 g/mol. The summed E-state index contributed by atoms with van der Waals surface area (Å²) >= 11 is 0. The van der Waals surface area contributed by atoms with Crippen molar-refractivity contribution in [3.05, 3.63) is 69.8 Å². The van der Waals surface area contributed by atoms with E-state index in [1.54, 1.807) is 24.3 Å². The second-order valence-electron chi connectivity index (χ2n) is 6.40. The number of rotatable bonds is 5. The number of carbonyl (C=O) groups excluding carboxylic acids is 2. The third kappa shape index (κ3) is 3.79. The third-order valence-corrected chi connectivity index (χ3v) is 4.47. The Hall–Kier alpha value is -3.75. The number of amides is 1. The number of non-ortho nitro benzene ring substituents is 1. The summed E-state index contributed by atoms with van der Waals surface area (Å²) in [6, 6.07) is 12.4. The lowest BCUT2D eigenvalue weighted by Gasteiger charge is -2.34. The zero-order valence-electron chi connectivity index (χ0n) is 16.1. The number of carbonyl (C=O) groups is 2.